The van der Waals surface area contributed by atoms with Crippen molar-refractivity contribution in [2.45, 2.75) is 15.7 Å². The van der Waals surface area contributed by atoms with Crippen LogP contribution >= 0.6 is 37.2 Å². The van der Waals surface area contributed by atoms with Crippen LogP contribution in [0.5, 0.6) is 0 Å². The molecule has 0 aromatic rings. The summed E-state index contributed by atoms with van der Waals surface area (Å²) in [6.07, 6.45) is 0. The SMILES string of the molecule is C[O][Ti]([CH3])([CH3])([CH3])[N]1CCNCCNCCNCC1.Cl.Cl.Cl. The first-order valence-corrected chi connectivity index (χ1v) is 13.1. The molecular weight excluding hydrogens is 370 g/mol. The van der Waals surface area contributed by atoms with Gasteiger partial charge < -0.3 is 0 Å². The van der Waals surface area contributed by atoms with E-state index in [2.05, 4.69) is 35.0 Å². The van der Waals surface area contributed by atoms with E-state index in [1.54, 1.807) is 0 Å². The van der Waals surface area contributed by atoms with Crippen LogP contribution < -0.4 is 16.0 Å². The second-order valence-corrected chi connectivity index (χ2v) is 16.9. The van der Waals surface area contributed by atoms with Gasteiger partial charge in [0.1, 0.15) is 0 Å². The van der Waals surface area contributed by atoms with Gasteiger partial charge in [-0.1, -0.05) is 0 Å². The predicted molar refractivity (Wildman–Crippen MR) is 96.5 cm³/mol. The maximum Gasteiger partial charge on any atom is -0.147 e. The molecule has 133 valence electrons. The van der Waals surface area contributed by atoms with Gasteiger partial charge in [0, 0.05) is 0 Å². The van der Waals surface area contributed by atoms with Crippen molar-refractivity contribution in [3.05, 3.63) is 0 Å². The van der Waals surface area contributed by atoms with Crippen LogP contribution in [0.25, 0.3) is 0 Å². The molecule has 1 aliphatic rings. The van der Waals surface area contributed by atoms with Gasteiger partial charge in [0.15, 0.2) is 0 Å². The summed E-state index contributed by atoms with van der Waals surface area (Å²) in [4.78, 5) is 0. The second-order valence-electron chi connectivity index (χ2n) is 6.32. The van der Waals surface area contributed by atoms with Crippen molar-refractivity contribution in [1.29, 1.82) is 0 Å². The van der Waals surface area contributed by atoms with Crippen LogP contribution in [-0.4, -0.2) is 62.8 Å². The zero-order valence-corrected chi connectivity index (χ0v) is 17.7. The third-order valence-corrected chi connectivity index (χ3v) is 10.1. The fourth-order valence-electron chi connectivity index (χ4n) is 2.16. The molecule has 0 amide bonds. The molecule has 1 heterocycles. The maximum atomic E-state index is 5.94. The molecular formula is C12H34Cl3N4OTi. The minimum absolute atomic E-state index is 0. The van der Waals surface area contributed by atoms with Crippen LogP contribution in [0, 0.1) is 0 Å². The summed E-state index contributed by atoms with van der Waals surface area (Å²) in [7, 11) is 1.87. The van der Waals surface area contributed by atoms with Gasteiger partial charge >= 0.3 is 114 Å². The summed E-state index contributed by atoms with van der Waals surface area (Å²) in [5, 5.41) is 17.4. The molecule has 0 aliphatic carbocycles. The van der Waals surface area contributed by atoms with E-state index in [9.17, 15) is 0 Å². The molecule has 1 rings (SSSR count). The number of nitrogens with zero attached hydrogens (tertiary/aromatic N) is 1. The largest absolute Gasteiger partial charge is 0.147 e. The van der Waals surface area contributed by atoms with Crippen LogP contribution in [0.4, 0.5) is 0 Å². The summed E-state index contributed by atoms with van der Waals surface area (Å²) < 4.78 is 8.53. The molecule has 1 aliphatic heterocycles. The van der Waals surface area contributed by atoms with Gasteiger partial charge in [-0.05, 0) is 0 Å². The summed E-state index contributed by atoms with van der Waals surface area (Å²) in [6, 6.07) is 0. The van der Waals surface area contributed by atoms with Crippen LogP contribution in [0.2, 0.25) is 15.7 Å². The standard InChI is InChI=1S/C8H19N4.CH3O.3CH3.3ClH.Ti/c1-2-10-5-6-12-8-7-11-4-3-9-1;1-2;;;;;;;/h9-11H,1-8H2;1H3;3*1H3;3*1H;/q2*-1;;;;;;;+2. The molecule has 0 radical (unpaired) electrons. The molecule has 21 heavy (non-hydrogen) atoms. The van der Waals surface area contributed by atoms with E-state index in [4.69, 9.17) is 3.32 Å². The van der Waals surface area contributed by atoms with Gasteiger partial charge in [-0.15, -0.1) is 37.2 Å². The van der Waals surface area contributed by atoms with Crippen molar-refractivity contribution in [2.75, 3.05) is 59.5 Å². The summed E-state index contributed by atoms with van der Waals surface area (Å²) in [5.74, 6) is 0. The predicted octanol–water partition coefficient (Wildman–Crippen LogP) is 1.65. The van der Waals surface area contributed by atoms with Gasteiger partial charge in [-0.25, -0.2) is 0 Å². The van der Waals surface area contributed by atoms with Crippen LogP contribution in [0.3, 0.4) is 0 Å². The van der Waals surface area contributed by atoms with Crippen LogP contribution in [0.15, 0.2) is 0 Å². The maximum absolute atomic E-state index is 5.94. The number of nitrogens with one attached hydrogen (secondary N) is 3. The number of hydrogen-bond donors (Lipinski definition) is 3. The number of hydrogen-bond acceptors (Lipinski definition) is 5. The molecule has 3 N–H and O–H groups in total. The first-order valence-electron chi connectivity index (χ1n) is 7.09. The van der Waals surface area contributed by atoms with Crippen molar-refractivity contribution < 1.29 is 19.3 Å². The molecule has 0 spiro atoms. The van der Waals surface area contributed by atoms with Gasteiger partial charge in [0.25, 0.3) is 0 Å². The van der Waals surface area contributed by atoms with Crippen molar-refractivity contribution in [2.24, 2.45) is 0 Å². The van der Waals surface area contributed by atoms with E-state index in [1.807, 2.05) is 7.11 Å². The summed E-state index contributed by atoms with van der Waals surface area (Å²) in [6.45, 7) is 8.42. The summed E-state index contributed by atoms with van der Waals surface area (Å²) in [5.41, 5.74) is 0. The molecule has 0 aromatic carbocycles. The molecule has 1 fully saturated rings. The molecule has 0 bridgehead atoms. The van der Waals surface area contributed by atoms with Gasteiger partial charge in [-0.2, -0.15) is 0 Å². The number of halogens is 3. The normalized spacial score (nSPS) is 21.0. The monoisotopic (exact) mass is 403 g/mol. The van der Waals surface area contributed by atoms with Crippen LogP contribution in [-0.2, 0) is 19.3 Å². The Balaban J connectivity index is -0.00000108. The van der Waals surface area contributed by atoms with Crippen molar-refractivity contribution in [3.63, 3.8) is 0 Å². The Morgan fingerprint density at radius 2 is 1.05 bits per heavy atom. The Kier molecular flexibility index (Phi) is 16.6. The van der Waals surface area contributed by atoms with E-state index in [1.165, 1.54) is 0 Å². The first-order chi connectivity index (χ1) is 8.44. The average molecular weight is 405 g/mol. The van der Waals surface area contributed by atoms with E-state index in [-0.39, 0.29) is 37.2 Å². The van der Waals surface area contributed by atoms with Crippen molar-refractivity contribution in [1.82, 2.24) is 19.3 Å². The van der Waals surface area contributed by atoms with Gasteiger partial charge in [0.2, 0.25) is 0 Å². The Morgan fingerprint density at radius 1 is 0.714 bits per heavy atom. The Morgan fingerprint density at radius 3 is 1.38 bits per heavy atom. The van der Waals surface area contributed by atoms with E-state index in [0.29, 0.717) is 0 Å². The smallest absolute Gasteiger partial charge is 0.147 e. The fourth-order valence-corrected chi connectivity index (χ4v) is 5.29. The topological polar surface area (TPSA) is 48.6 Å². The Hall–Kier alpha value is 1.38. The zero-order valence-electron chi connectivity index (χ0n) is 13.7. The molecule has 0 atom stereocenters. The first kappa shape index (κ1) is 27.2. The van der Waals surface area contributed by atoms with Crippen LogP contribution in [0.1, 0.15) is 0 Å². The quantitative estimate of drug-likeness (QED) is 0.611. The molecule has 0 saturated carbocycles. The zero-order chi connectivity index (χ0) is 13.5. The molecule has 5 nitrogen and oxygen atoms in total. The Bertz CT molecular complexity index is 242. The molecule has 0 unspecified atom stereocenters. The molecule has 9 heteroatoms. The second kappa shape index (κ2) is 12.8. The van der Waals surface area contributed by atoms with Crippen molar-refractivity contribution >= 4 is 37.2 Å². The van der Waals surface area contributed by atoms with E-state index in [0.717, 1.165) is 52.4 Å². The van der Waals surface area contributed by atoms with E-state index < -0.39 is 16.0 Å². The molecule has 1 saturated heterocycles. The average Bonchev–Trinajstić information content (AvgIpc) is 2.29. The summed E-state index contributed by atoms with van der Waals surface area (Å²) >= 11 is -2.84. The Labute approximate surface area is 150 Å². The number of rotatable bonds is 2. The van der Waals surface area contributed by atoms with Gasteiger partial charge in [0.05, 0.1) is 0 Å². The minimum Gasteiger partial charge on any atom is -0.147 e. The van der Waals surface area contributed by atoms with E-state index >= 15 is 0 Å². The fraction of sp³-hybridized carbons (Fsp3) is 1.00. The van der Waals surface area contributed by atoms with Crippen molar-refractivity contribution in [3.8, 4) is 0 Å². The third kappa shape index (κ3) is 10.7. The minimum atomic E-state index is -2.84. The molecule has 0 aromatic heterocycles. The van der Waals surface area contributed by atoms with Gasteiger partial charge in [-0.3, -0.25) is 0 Å². The third-order valence-electron chi connectivity index (χ3n) is 3.86.